The van der Waals surface area contributed by atoms with Crippen LogP contribution in [-0.4, -0.2) is 43.3 Å². The van der Waals surface area contributed by atoms with Crippen LogP contribution in [0.1, 0.15) is 23.2 Å². The fourth-order valence-electron chi connectivity index (χ4n) is 2.42. The van der Waals surface area contributed by atoms with Crippen molar-refractivity contribution in [1.29, 1.82) is 0 Å². The zero-order valence-corrected chi connectivity index (χ0v) is 12.8. The van der Waals surface area contributed by atoms with Gasteiger partial charge in [0.05, 0.1) is 5.56 Å². The van der Waals surface area contributed by atoms with E-state index in [9.17, 15) is 18.0 Å². The number of likely N-dealkylation sites (tertiary alicyclic amines) is 1. The Labute approximate surface area is 133 Å². The first-order valence-corrected chi connectivity index (χ1v) is 6.72. The van der Waals surface area contributed by atoms with Crippen LogP contribution < -0.4 is 10.1 Å². The van der Waals surface area contributed by atoms with Gasteiger partial charge in [0.15, 0.2) is 0 Å². The Morgan fingerprint density at radius 3 is 2.68 bits per heavy atom. The second-order valence-corrected chi connectivity index (χ2v) is 4.92. The number of carbonyl (C=O) groups excluding carboxylic acids is 1. The van der Waals surface area contributed by atoms with Crippen molar-refractivity contribution in [3.8, 4) is 5.75 Å². The minimum Gasteiger partial charge on any atom is -0.405 e. The molecule has 1 aromatic carbocycles. The number of amides is 1. The Hall–Kier alpha value is -1.47. The van der Waals surface area contributed by atoms with Crippen LogP contribution in [0.5, 0.6) is 5.75 Å². The number of likely N-dealkylation sites (N-methyl/N-ethyl adjacent to an activating group) is 1. The van der Waals surface area contributed by atoms with Gasteiger partial charge in [-0.3, -0.25) is 4.79 Å². The molecule has 1 aromatic rings. The number of halogens is 4. The Morgan fingerprint density at radius 2 is 2.05 bits per heavy atom. The van der Waals surface area contributed by atoms with Gasteiger partial charge in [0.25, 0.3) is 5.91 Å². The van der Waals surface area contributed by atoms with E-state index in [2.05, 4.69) is 10.1 Å². The number of para-hydroxylation sites is 1. The quantitative estimate of drug-likeness (QED) is 0.921. The molecule has 1 N–H and O–H groups in total. The molecule has 22 heavy (non-hydrogen) atoms. The molecule has 4 nitrogen and oxygen atoms in total. The molecule has 1 unspecified atom stereocenters. The zero-order chi connectivity index (χ0) is 15.5. The molecule has 0 radical (unpaired) electrons. The van der Waals surface area contributed by atoms with Gasteiger partial charge < -0.3 is 15.0 Å². The highest BCUT2D eigenvalue weighted by atomic mass is 35.5. The maximum Gasteiger partial charge on any atom is 0.573 e. The first kappa shape index (κ1) is 18.6. The third-order valence-corrected chi connectivity index (χ3v) is 3.46. The Bertz CT molecular complexity index is 511. The van der Waals surface area contributed by atoms with Gasteiger partial charge in [0.1, 0.15) is 5.75 Å². The molecule has 1 heterocycles. The van der Waals surface area contributed by atoms with Gasteiger partial charge in [-0.05, 0) is 32.0 Å². The molecule has 0 saturated carbocycles. The number of carbonyl (C=O) groups is 1. The number of nitrogens with zero attached hydrogens (tertiary/aromatic N) is 1. The topological polar surface area (TPSA) is 41.6 Å². The van der Waals surface area contributed by atoms with Crippen molar-refractivity contribution >= 4 is 18.3 Å². The lowest BCUT2D eigenvalue weighted by Crippen LogP contribution is -2.47. The zero-order valence-electron chi connectivity index (χ0n) is 12.0. The molecule has 0 aromatic heterocycles. The summed E-state index contributed by atoms with van der Waals surface area (Å²) in [5.74, 6) is -0.892. The first-order chi connectivity index (χ1) is 9.90. The van der Waals surface area contributed by atoms with Crippen LogP contribution in [0.4, 0.5) is 13.2 Å². The molecule has 0 bridgehead atoms. The normalized spacial score (nSPS) is 18.5. The standard InChI is InChI=1S/C14H17F3N2O2.ClH/c1-18-10-5-4-8-19(9-10)13(20)11-6-2-3-7-12(11)21-14(15,16)17;/h2-3,6-7,10,18H,4-5,8-9H2,1H3;1H. The third-order valence-electron chi connectivity index (χ3n) is 3.46. The summed E-state index contributed by atoms with van der Waals surface area (Å²) in [6, 6.07) is 5.60. The van der Waals surface area contributed by atoms with Gasteiger partial charge in [-0.15, -0.1) is 25.6 Å². The van der Waals surface area contributed by atoms with Gasteiger partial charge in [-0.1, -0.05) is 12.1 Å². The summed E-state index contributed by atoms with van der Waals surface area (Å²) in [5.41, 5.74) is -0.0634. The van der Waals surface area contributed by atoms with Gasteiger partial charge in [-0.25, -0.2) is 0 Å². The van der Waals surface area contributed by atoms with Gasteiger partial charge >= 0.3 is 6.36 Å². The fourth-order valence-corrected chi connectivity index (χ4v) is 2.42. The Morgan fingerprint density at radius 1 is 1.36 bits per heavy atom. The molecule has 0 spiro atoms. The van der Waals surface area contributed by atoms with Crippen molar-refractivity contribution in [2.75, 3.05) is 20.1 Å². The number of ether oxygens (including phenoxy) is 1. The van der Waals surface area contributed by atoms with Crippen molar-refractivity contribution in [2.24, 2.45) is 0 Å². The molecular weight excluding hydrogens is 321 g/mol. The van der Waals surface area contributed by atoms with E-state index in [-0.39, 0.29) is 24.0 Å². The van der Waals surface area contributed by atoms with E-state index in [1.807, 2.05) is 0 Å². The highest BCUT2D eigenvalue weighted by molar-refractivity contribution is 5.97. The number of alkyl halides is 3. The highest BCUT2D eigenvalue weighted by Gasteiger charge is 2.34. The number of rotatable bonds is 3. The predicted molar refractivity (Wildman–Crippen MR) is 78.4 cm³/mol. The number of hydrogen-bond donors (Lipinski definition) is 1. The fraction of sp³-hybridized carbons (Fsp3) is 0.500. The molecular formula is C14H18ClF3N2O2. The molecule has 124 valence electrons. The minimum absolute atomic E-state index is 0. The van der Waals surface area contributed by atoms with E-state index < -0.39 is 18.0 Å². The van der Waals surface area contributed by atoms with Gasteiger partial charge in [-0.2, -0.15) is 0 Å². The molecule has 0 aliphatic carbocycles. The summed E-state index contributed by atoms with van der Waals surface area (Å²) < 4.78 is 41.1. The van der Waals surface area contributed by atoms with Crippen LogP contribution in [0.25, 0.3) is 0 Å². The van der Waals surface area contributed by atoms with Gasteiger partial charge in [0.2, 0.25) is 0 Å². The van der Waals surface area contributed by atoms with E-state index in [0.717, 1.165) is 18.9 Å². The van der Waals surface area contributed by atoms with E-state index >= 15 is 0 Å². The second kappa shape index (κ2) is 7.69. The SMILES string of the molecule is CNC1CCCN(C(=O)c2ccccc2OC(F)(F)F)C1.Cl. The maximum absolute atomic E-state index is 12.4. The van der Waals surface area contributed by atoms with Gasteiger partial charge in [0, 0.05) is 19.1 Å². The smallest absolute Gasteiger partial charge is 0.405 e. The van der Waals surface area contributed by atoms with E-state index in [0.29, 0.717) is 13.1 Å². The minimum atomic E-state index is -4.81. The van der Waals surface area contributed by atoms with Crippen molar-refractivity contribution in [3.63, 3.8) is 0 Å². The lowest BCUT2D eigenvalue weighted by molar-refractivity contribution is -0.274. The number of hydrogen-bond acceptors (Lipinski definition) is 3. The molecule has 1 aliphatic heterocycles. The maximum atomic E-state index is 12.4. The number of piperidine rings is 1. The lowest BCUT2D eigenvalue weighted by atomic mass is 10.0. The molecule has 8 heteroatoms. The summed E-state index contributed by atoms with van der Waals surface area (Å²) in [6.45, 7) is 1.02. The average molecular weight is 339 g/mol. The summed E-state index contributed by atoms with van der Waals surface area (Å²) in [5, 5.41) is 3.09. The summed E-state index contributed by atoms with van der Waals surface area (Å²) in [4.78, 5) is 14.0. The lowest BCUT2D eigenvalue weighted by Gasteiger charge is -2.33. The molecule has 1 saturated heterocycles. The predicted octanol–water partition coefficient (Wildman–Crippen LogP) is 2.83. The molecule has 1 fully saturated rings. The third kappa shape index (κ3) is 4.78. The first-order valence-electron chi connectivity index (χ1n) is 6.72. The van der Waals surface area contributed by atoms with E-state index in [4.69, 9.17) is 0 Å². The average Bonchev–Trinajstić information content (AvgIpc) is 2.45. The molecule has 1 amide bonds. The molecule has 1 atom stereocenters. The largest absolute Gasteiger partial charge is 0.573 e. The van der Waals surface area contributed by atoms with E-state index in [1.165, 1.54) is 18.2 Å². The highest BCUT2D eigenvalue weighted by Crippen LogP contribution is 2.27. The summed E-state index contributed by atoms with van der Waals surface area (Å²) in [7, 11) is 1.80. The van der Waals surface area contributed by atoms with E-state index in [1.54, 1.807) is 11.9 Å². The Kier molecular flexibility index (Phi) is 6.49. The molecule has 1 aliphatic rings. The summed E-state index contributed by atoms with van der Waals surface area (Å²) in [6.07, 6.45) is -3.05. The second-order valence-electron chi connectivity index (χ2n) is 4.92. The van der Waals surface area contributed by atoms with Crippen LogP contribution in [0.15, 0.2) is 24.3 Å². The Balaban J connectivity index is 0.00000242. The summed E-state index contributed by atoms with van der Waals surface area (Å²) >= 11 is 0. The van der Waals surface area contributed by atoms with Crippen molar-refractivity contribution in [2.45, 2.75) is 25.2 Å². The molecule has 2 rings (SSSR count). The van der Waals surface area contributed by atoms with Crippen molar-refractivity contribution in [1.82, 2.24) is 10.2 Å². The van der Waals surface area contributed by atoms with Crippen LogP contribution in [0.3, 0.4) is 0 Å². The van der Waals surface area contributed by atoms with Crippen LogP contribution >= 0.6 is 12.4 Å². The van der Waals surface area contributed by atoms with Crippen LogP contribution in [0.2, 0.25) is 0 Å². The van der Waals surface area contributed by atoms with Crippen LogP contribution in [0, 0.1) is 0 Å². The monoisotopic (exact) mass is 338 g/mol. The number of nitrogens with one attached hydrogen (secondary N) is 1. The number of benzene rings is 1. The van der Waals surface area contributed by atoms with Crippen LogP contribution in [-0.2, 0) is 0 Å². The van der Waals surface area contributed by atoms with Crippen molar-refractivity contribution in [3.05, 3.63) is 29.8 Å². The van der Waals surface area contributed by atoms with Crippen molar-refractivity contribution < 1.29 is 22.7 Å².